The summed E-state index contributed by atoms with van der Waals surface area (Å²) < 4.78 is 2.02. The van der Waals surface area contributed by atoms with Gasteiger partial charge in [0.25, 0.3) is 0 Å². The van der Waals surface area contributed by atoms with Crippen molar-refractivity contribution in [3.8, 4) is 0 Å². The first-order valence-corrected chi connectivity index (χ1v) is 8.22. The van der Waals surface area contributed by atoms with Gasteiger partial charge in [0.05, 0.1) is 11.2 Å². The predicted octanol–water partition coefficient (Wildman–Crippen LogP) is 4.46. The van der Waals surface area contributed by atoms with Crippen LogP contribution in [0, 0.1) is 5.92 Å². The molecule has 1 aliphatic rings. The van der Waals surface area contributed by atoms with Crippen molar-refractivity contribution in [2.45, 2.75) is 43.4 Å². The van der Waals surface area contributed by atoms with Crippen molar-refractivity contribution in [3.63, 3.8) is 0 Å². The van der Waals surface area contributed by atoms with E-state index in [1.165, 1.54) is 48.7 Å². The first-order valence-electron chi connectivity index (χ1n) is 7.30. The summed E-state index contributed by atoms with van der Waals surface area (Å²) in [5, 5.41) is 6.07. The molecule has 3 heteroatoms. The highest BCUT2D eigenvalue weighted by Crippen LogP contribution is 2.32. The molecule has 1 fully saturated rings. The standard InChI is InChI=1S/C16H21BrN2/c1-19-16-10-6-5-8-13(16)15(18-19)11-12-7-3-2-4-9-14(12)17/h5-6,8,10,12,14H,2-4,7,9,11H2,1H3. The lowest BCUT2D eigenvalue weighted by Crippen LogP contribution is -2.16. The van der Waals surface area contributed by atoms with Crippen LogP contribution in [0.4, 0.5) is 0 Å². The number of hydrogen-bond donors (Lipinski definition) is 0. The third-order valence-electron chi connectivity index (χ3n) is 4.36. The average molecular weight is 321 g/mol. The maximum Gasteiger partial charge on any atom is 0.0706 e. The molecule has 1 heterocycles. The summed E-state index contributed by atoms with van der Waals surface area (Å²) in [4.78, 5) is 0.663. The molecule has 0 amide bonds. The molecule has 0 aliphatic heterocycles. The summed E-state index contributed by atoms with van der Waals surface area (Å²) in [6, 6.07) is 8.57. The molecular formula is C16H21BrN2. The molecule has 1 aromatic heterocycles. The van der Waals surface area contributed by atoms with E-state index >= 15 is 0 Å². The van der Waals surface area contributed by atoms with Crippen LogP contribution in [-0.4, -0.2) is 14.6 Å². The van der Waals surface area contributed by atoms with Crippen LogP contribution >= 0.6 is 15.9 Å². The monoisotopic (exact) mass is 320 g/mol. The van der Waals surface area contributed by atoms with Gasteiger partial charge in [-0.25, -0.2) is 0 Å². The fraction of sp³-hybridized carbons (Fsp3) is 0.562. The number of hydrogen-bond acceptors (Lipinski definition) is 1. The van der Waals surface area contributed by atoms with E-state index in [-0.39, 0.29) is 0 Å². The topological polar surface area (TPSA) is 17.8 Å². The molecule has 0 bridgehead atoms. The third-order valence-corrected chi connectivity index (χ3v) is 5.56. The lowest BCUT2D eigenvalue weighted by Gasteiger charge is -2.18. The van der Waals surface area contributed by atoms with Gasteiger partial charge in [-0.1, -0.05) is 53.4 Å². The number of benzene rings is 1. The van der Waals surface area contributed by atoms with Crippen LogP contribution in [0.3, 0.4) is 0 Å². The summed E-state index contributed by atoms with van der Waals surface area (Å²) >= 11 is 3.90. The van der Waals surface area contributed by atoms with Crippen molar-refractivity contribution < 1.29 is 0 Å². The zero-order valence-corrected chi connectivity index (χ0v) is 13.1. The normalized spacial score (nSPS) is 24.5. The average Bonchev–Trinajstić information content (AvgIpc) is 2.59. The molecule has 102 valence electrons. The Balaban J connectivity index is 1.88. The van der Waals surface area contributed by atoms with Gasteiger partial charge < -0.3 is 0 Å². The molecule has 2 unspecified atom stereocenters. The van der Waals surface area contributed by atoms with Gasteiger partial charge in [0.1, 0.15) is 0 Å². The lowest BCUT2D eigenvalue weighted by atomic mass is 9.94. The zero-order chi connectivity index (χ0) is 13.2. The van der Waals surface area contributed by atoms with E-state index in [2.05, 4.69) is 40.2 Å². The van der Waals surface area contributed by atoms with Crippen LogP contribution in [-0.2, 0) is 13.5 Å². The summed E-state index contributed by atoms with van der Waals surface area (Å²) in [6.07, 6.45) is 7.89. The van der Waals surface area contributed by atoms with Gasteiger partial charge >= 0.3 is 0 Å². The van der Waals surface area contributed by atoms with Gasteiger partial charge in [-0.2, -0.15) is 5.10 Å². The molecule has 2 atom stereocenters. The molecule has 0 radical (unpaired) electrons. The molecule has 0 N–H and O–H groups in total. The molecular weight excluding hydrogens is 300 g/mol. The van der Waals surface area contributed by atoms with Crippen molar-refractivity contribution in [2.75, 3.05) is 0 Å². The Bertz CT molecular complexity index is 561. The molecule has 1 aromatic carbocycles. The maximum absolute atomic E-state index is 4.74. The van der Waals surface area contributed by atoms with Crippen LogP contribution in [0.15, 0.2) is 24.3 Å². The van der Waals surface area contributed by atoms with Gasteiger partial charge in [-0.15, -0.1) is 0 Å². The number of halogens is 1. The highest BCUT2D eigenvalue weighted by atomic mass is 79.9. The van der Waals surface area contributed by atoms with E-state index in [4.69, 9.17) is 5.10 Å². The van der Waals surface area contributed by atoms with Crippen LogP contribution < -0.4 is 0 Å². The maximum atomic E-state index is 4.74. The highest BCUT2D eigenvalue weighted by Gasteiger charge is 2.23. The fourth-order valence-electron chi connectivity index (χ4n) is 3.26. The van der Waals surface area contributed by atoms with Crippen LogP contribution in [0.5, 0.6) is 0 Å². The summed E-state index contributed by atoms with van der Waals surface area (Å²) in [5.41, 5.74) is 2.52. The number of aromatic nitrogens is 2. The van der Waals surface area contributed by atoms with Crippen LogP contribution in [0.1, 0.15) is 37.8 Å². The number of para-hydroxylation sites is 1. The van der Waals surface area contributed by atoms with E-state index in [9.17, 15) is 0 Å². The first kappa shape index (κ1) is 13.2. The minimum Gasteiger partial charge on any atom is -0.268 e. The largest absolute Gasteiger partial charge is 0.268 e. The molecule has 19 heavy (non-hydrogen) atoms. The molecule has 1 aliphatic carbocycles. The van der Waals surface area contributed by atoms with Crippen molar-refractivity contribution in [3.05, 3.63) is 30.0 Å². The minimum atomic E-state index is 0.663. The molecule has 2 aromatic rings. The SMILES string of the molecule is Cn1nc(CC2CCCCCC2Br)c2ccccc21. The smallest absolute Gasteiger partial charge is 0.0706 e. The van der Waals surface area contributed by atoms with Crippen molar-refractivity contribution in [2.24, 2.45) is 13.0 Å². The van der Waals surface area contributed by atoms with Gasteiger partial charge in [0.15, 0.2) is 0 Å². The van der Waals surface area contributed by atoms with E-state index < -0.39 is 0 Å². The van der Waals surface area contributed by atoms with Gasteiger partial charge in [-0.05, 0) is 31.2 Å². The molecule has 2 nitrogen and oxygen atoms in total. The van der Waals surface area contributed by atoms with E-state index in [1.807, 2.05) is 11.7 Å². The molecule has 0 spiro atoms. The quantitative estimate of drug-likeness (QED) is 0.590. The Morgan fingerprint density at radius 1 is 1.21 bits per heavy atom. The van der Waals surface area contributed by atoms with Crippen molar-refractivity contribution >= 4 is 26.8 Å². The fourth-order valence-corrected chi connectivity index (χ4v) is 4.03. The number of rotatable bonds is 2. The Kier molecular flexibility index (Phi) is 3.92. The van der Waals surface area contributed by atoms with Crippen molar-refractivity contribution in [1.82, 2.24) is 9.78 Å². The second-order valence-electron chi connectivity index (χ2n) is 5.71. The first-order chi connectivity index (χ1) is 9.25. The van der Waals surface area contributed by atoms with Gasteiger partial charge in [-0.3, -0.25) is 4.68 Å². The zero-order valence-electron chi connectivity index (χ0n) is 11.5. The molecule has 3 rings (SSSR count). The predicted molar refractivity (Wildman–Crippen MR) is 83.7 cm³/mol. The van der Waals surface area contributed by atoms with Crippen molar-refractivity contribution in [1.29, 1.82) is 0 Å². The van der Waals surface area contributed by atoms with Crippen LogP contribution in [0.2, 0.25) is 0 Å². The summed E-state index contributed by atoms with van der Waals surface area (Å²) in [6.45, 7) is 0. The second-order valence-corrected chi connectivity index (χ2v) is 6.88. The van der Waals surface area contributed by atoms with Gasteiger partial charge in [0.2, 0.25) is 0 Å². The van der Waals surface area contributed by atoms with E-state index in [0.29, 0.717) is 4.83 Å². The summed E-state index contributed by atoms with van der Waals surface area (Å²) in [5.74, 6) is 0.737. The Morgan fingerprint density at radius 2 is 2.00 bits per heavy atom. The Morgan fingerprint density at radius 3 is 2.89 bits per heavy atom. The molecule has 0 saturated heterocycles. The minimum absolute atomic E-state index is 0.663. The summed E-state index contributed by atoms with van der Waals surface area (Å²) in [7, 11) is 2.05. The van der Waals surface area contributed by atoms with E-state index in [0.717, 1.165) is 12.3 Å². The number of nitrogens with zero attached hydrogens (tertiary/aromatic N) is 2. The highest BCUT2D eigenvalue weighted by molar-refractivity contribution is 9.09. The van der Waals surface area contributed by atoms with Gasteiger partial charge in [0, 0.05) is 17.3 Å². The molecule has 1 saturated carbocycles. The Labute approximate surface area is 123 Å². The Hall–Kier alpha value is -0.830. The van der Waals surface area contributed by atoms with Crippen LogP contribution in [0.25, 0.3) is 10.9 Å². The number of fused-ring (bicyclic) bond motifs is 1. The third kappa shape index (κ3) is 2.71. The number of aryl methyl sites for hydroxylation is 1. The lowest BCUT2D eigenvalue weighted by molar-refractivity contribution is 0.469. The second kappa shape index (κ2) is 5.66. The number of alkyl halides is 1. The van der Waals surface area contributed by atoms with E-state index in [1.54, 1.807) is 0 Å².